The summed E-state index contributed by atoms with van der Waals surface area (Å²) in [7, 11) is 0. The van der Waals surface area contributed by atoms with Gasteiger partial charge in [0, 0.05) is 12.0 Å². The number of benzene rings is 2. The van der Waals surface area contributed by atoms with Crippen molar-refractivity contribution in [2.75, 3.05) is 0 Å². The van der Waals surface area contributed by atoms with Crippen molar-refractivity contribution in [3.63, 3.8) is 0 Å². The molecule has 1 heteroatoms. The predicted octanol–water partition coefficient (Wildman–Crippen LogP) is 5.11. The van der Waals surface area contributed by atoms with E-state index >= 15 is 0 Å². The van der Waals surface area contributed by atoms with Crippen molar-refractivity contribution in [2.24, 2.45) is 0 Å². The lowest BCUT2D eigenvalue weighted by atomic mass is 9.83. The molecule has 0 atom stereocenters. The summed E-state index contributed by atoms with van der Waals surface area (Å²) in [4.78, 5) is 12.3. The Morgan fingerprint density at radius 3 is 2.24 bits per heavy atom. The topological polar surface area (TPSA) is 17.1 Å². The Morgan fingerprint density at radius 1 is 1.00 bits per heavy atom. The lowest BCUT2D eigenvalue weighted by molar-refractivity contribution is 0.0982. The zero-order valence-corrected chi connectivity index (χ0v) is 13.4. The van der Waals surface area contributed by atoms with Crippen molar-refractivity contribution in [3.05, 3.63) is 70.8 Å². The molecule has 0 aliphatic carbocycles. The van der Waals surface area contributed by atoms with E-state index in [9.17, 15) is 4.79 Å². The van der Waals surface area contributed by atoms with Gasteiger partial charge in [-0.05, 0) is 41.5 Å². The van der Waals surface area contributed by atoms with E-state index in [2.05, 4.69) is 45.9 Å². The number of carbonyl (C=O) groups excluding carboxylic acids is 1. The first-order chi connectivity index (χ1) is 9.88. The summed E-state index contributed by atoms with van der Waals surface area (Å²) in [5.74, 6) is 0.224. The average Bonchev–Trinajstić information content (AvgIpc) is 2.44. The van der Waals surface area contributed by atoms with Gasteiger partial charge in [-0.1, -0.05) is 63.2 Å². The zero-order valence-electron chi connectivity index (χ0n) is 13.4. The highest BCUT2D eigenvalue weighted by Crippen LogP contribution is 2.26. The Kier molecular flexibility index (Phi) is 4.62. The van der Waals surface area contributed by atoms with Crippen LogP contribution in [-0.2, 0) is 11.8 Å². The van der Waals surface area contributed by atoms with Crippen LogP contribution >= 0.6 is 0 Å². The van der Waals surface area contributed by atoms with Gasteiger partial charge in [-0.3, -0.25) is 4.79 Å². The third-order valence-electron chi connectivity index (χ3n) is 3.84. The summed E-state index contributed by atoms with van der Waals surface area (Å²) >= 11 is 0. The van der Waals surface area contributed by atoms with Crippen molar-refractivity contribution >= 4 is 5.78 Å². The molecule has 0 radical (unpaired) electrons. The quantitative estimate of drug-likeness (QED) is 0.711. The highest BCUT2D eigenvalue weighted by Gasteiger charge is 2.17. The minimum atomic E-state index is 0.121. The molecule has 0 aromatic heterocycles. The summed E-state index contributed by atoms with van der Waals surface area (Å²) in [6.45, 7) is 8.69. The molecule has 0 heterocycles. The molecule has 2 aromatic rings. The lowest BCUT2D eigenvalue weighted by Gasteiger charge is -2.22. The molecule has 1 nitrogen and oxygen atoms in total. The Morgan fingerprint density at radius 2 is 1.67 bits per heavy atom. The van der Waals surface area contributed by atoms with Crippen LogP contribution in [0.1, 0.15) is 54.2 Å². The molecule has 0 bridgehead atoms. The average molecular weight is 280 g/mol. The molecule has 0 unspecified atom stereocenters. The first-order valence-electron chi connectivity index (χ1n) is 7.56. The van der Waals surface area contributed by atoms with Crippen molar-refractivity contribution in [2.45, 2.75) is 46.0 Å². The summed E-state index contributed by atoms with van der Waals surface area (Å²) in [5, 5.41) is 0. The van der Waals surface area contributed by atoms with E-state index in [1.807, 2.05) is 30.3 Å². The number of hydrogen-bond donors (Lipinski definition) is 0. The molecule has 2 rings (SSSR count). The number of Topliss-reactive ketones (excluding diaryl/α,β-unsaturated/α-hetero) is 1. The number of carbonyl (C=O) groups is 1. The van der Waals surface area contributed by atoms with Gasteiger partial charge in [0.15, 0.2) is 5.78 Å². The molecular weight excluding hydrogens is 256 g/mol. The molecule has 110 valence electrons. The second-order valence-electron chi connectivity index (χ2n) is 6.69. The van der Waals surface area contributed by atoms with E-state index in [0.29, 0.717) is 6.42 Å². The minimum absolute atomic E-state index is 0.121. The highest BCUT2D eigenvalue weighted by molar-refractivity contribution is 5.96. The fraction of sp³-hybridized carbons (Fsp3) is 0.350. The van der Waals surface area contributed by atoms with E-state index in [0.717, 1.165) is 12.0 Å². The van der Waals surface area contributed by atoms with Crippen LogP contribution in [0.25, 0.3) is 0 Å². The van der Waals surface area contributed by atoms with Crippen LogP contribution in [0, 0.1) is 6.92 Å². The van der Waals surface area contributed by atoms with Gasteiger partial charge >= 0.3 is 0 Å². The molecular formula is C20H24O. The smallest absolute Gasteiger partial charge is 0.163 e. The largest absolute Gasteiger partial charge is 0.294 e. The van der Waals surface area contributed by atoms with Gasteiger partial charge < -0.3 is 0 Å². The maximum atomic E-state index is 12.3. The standard InChI is InChI=1S/C20H24O/c1-15-14-17(11-12-18(15)20(2,3)4)19(21)13-10-16-8-6-5-7-9-16/h5-9,11-12,14H,10,13H2,1-4H3. The maximum absolute atomic E-state index is 12.3. The molecule has 0 saturated heterocycles. The van der Waals surface area contributed by atoms with Gasteiger partial charge in [-0.25, -0.2) is 0 Å². The lowest BCUT2D eigenvalue weighted by Crippen LogP contribution is -2.14. The second kappa shape index (κ2) is 6.26. The van der Waals surface area contributed by atoms with Gasteiger partial charge in [-0.2, -0.15) is 0 Å². The van der Waals surface area contributed by atoms with Gasteiger partial charge in [0.1, 0.15) is 0 Å². The van der Waals surface area contributed by atoms with E-state index in [1.165, 1.54) is 16.7 Å². The summed E-state index contributed by atoms with van der Waals surface area (Å²) in [6, 6.07) is 16.3. The maximum Gasteiger partial charge on any atom is 0.163 e. The number of rotatable bonds is 4. The van der Waals surface area contributed by atoms with E-state index < -0.39 is 0 Å². The minimum Gasteiger partial charge on any atom is -0.294 e. The van der Waals surface area contributed by atoms with E-state index in [1.54, 1.807) is 0 Å². The monoisotopic (exact) mass is 280 g/mol. The van der Waals surface area contributed by atoms with Crippen LogP contribution in [0.5, 0.6) is 0 Å². The third kappa shape index (κ3) is 4.04. The Balaban J connectivity index is 2.08. The van der Waals surface area contributed by atoms with E-state index in [4.69, 9.17) is 0 Å². The van der Waals surface area contributed by atoms with Crippen LogP contribution in [-0.4, -0.2) is 5.78 Å². The summed E-state index contributed by atoms with van der Waals surface area (Å²) in [5.41, 5.74) is 4.68. The van der Waals surface area contributed by atoms with Crippen molar-refractivity contribution in [1.82, 2.24) is 0 Å². The molecule has 0 spiro atoms. The van der Waals surface area contributed by atoms with Crippen LogP contribution < -0.4 is 0 Å². The SMILES string of the molecule is Cc1cc(C(=O)CCc2ccccc2)ccc1C(C)(C)C. The van der Waals surface area contributed by atoms with Crippen molar-refractivity contribution in [3.8, 4) is 0 Å². The van der Waals surface area contributed by atoms with Gasteiger partial charge in [0.2, 0.25) is 0 Å². The molecule has 0 aliphatic heterocycles. The van der Waals surface area contributed by atoms with Gasteiger partial charge in [0.25, 0.3) is 0 Å². The first-order valence-corrected chi connectivity index (χ1v) is 7.56. The van der Waals surface area contributed by atoms with Crippen LogP contribution in [0.15, 0.2) is 48.5 Å². The third-order valence-corrected chi connectivity index (χ3v) is 3.84. The Bertz CT molecular complexity index is 618. The summed E-state index contributed by atoms with van der Waals surface area (Å²) in [6.07, 6.45) is 1.37. The van der Waals surface area contributed by atoms with Crippen LogP contribution in [0.2, 0.25) is 0 Å². The predicted molar refractivity (Wildman–Crippen MR) is 89.0 cm³/mol. The molecule has 0 fully saturated rings. The van der Waals surface area contributed by atoms with Gasteiger partial charge in [0.05, 0.1) is 0 Å². The second-order valence-corrected chi connectivity index (χ2v) is 6.69. The zero-order chi connectivity index (χ0) is 15.5. The highest BCUT2D eigenvalue weighted by atomic mass is 16.1. The fourth-order valence-corrected chi connectivity index (χ4v) is 2.73. The van der Waals surface area contributed by atoms with E-state index in [-0.39, 0.29) is 11.2 Å². The Hall–Kier alpha value is -1.89. The number of aryl methyl sites for hydroxylation is 2. The normalized spacial score (nSPS) is 11.4. The molecule has 0 amide bonds. The molecule has 2 aromatic carbocycles. The fourth-order valence-electron chi connectivity index (χ4n) is 2.73. The molecule has 21 heavy (non-hydrogen) atoms. The van der Waals surface area contributed by atoms with Crippen LogP contribution in [0.4, 0.5) is 0 Å². The number of hydrogen-bond acceptors (Lipinski definition) is 1. The van der Waals surface area contributed by atoms with Gasteiger partial charge in [-0.15, -0.1) is 0 Å². The molecule has 0 saturated carbocycles. The molecule has 0 aliphatic rings. The summed E-state index contributed by atoms with van der Waals surface area (Å²) < 4.78 is 0. The number of ketones is 1. The van der Waals surface area contributed by atoms with Crippen molar-refractivity contribution in [1.29, 1.82) is 0 Å². The first kappa shape index (κ1) is 15.5. The molecule has 0 N–H and O–H groups in total. The van der Waals surface area contributed by atoms with Crippen molar-refractivity contribution < 1.29 is 4.79 Å². The Labute approximate surface area is 128 Å². The van der Waals surface area contributed by atoms with Crippen LogP contribution in [0.3, 0.4) is 0 Å².